The molecule has 2 aromatic rings. The molecule has 1 amide bonds. The number of amidine groups is 1. The number of rotatable bonds is 5. The molecule has 1 heterocycles. The third kappa shape index (κ3) is 4.91. The summed E-state index contributed by atoms with van der Waals surface area (Å²) in [4.78, 5) is 13.7. The Morgan fingerprint density at radius 2 is 1.89 bits per heavy atom. The molecular weight excluding hydrogens is 405 g/mol. The molecule has 1 aliphatic heterocycles. The van der Waals surface area contributed by atoms with Crippen molar-refractivity contribution in [1.82, 2.24) is 0 Å². The topological polar surface area (TPSA) is 54.3 Å². The highest BCUT2D eigenvalue weighted by Gasteiger charge is 2.29. The first-order chi connectivity index (χ1) is 13.1. The first-order valence-corrected chi connectivity index (χ1v) is 9.65. The molecule has 0 bridgehead atoms. The predicted molar refractivity (Wildman–Crippen MR) is 114 cm³/mol. The molecule has 138 valence electrons. The smallest absolute Gasteiger partial charge is 0.243 e. The molecule has 8 heteroatoms. The minimum absolute atomic E-state index is 0.0474. The first-order valence-electron chi connectivity index (χ1n) is 7.91. The van der Waals surface area contributed by atoms with Crippen LogP contribution in [0.3, 0.4) is 0 Å². The van der Waals surface area contributed by atoms with E-state index in [1.165, 1.54) is 22.9 Å². The molecule has 27 heavy (non-hydrogen) atoms. The highest BCUT2D eigenvalue weighted by molar-refractivity contribution is 8.15. The molecule has 0 saturated carbocycles. The van der Waals surface area contributed by atoms with Crippen LogP contribution in [0.15, 0.2) is 64.8 Å². The van der Waals surface area contributed by atoms with Crippen LogP contribution in [-0.4, -0.2) is 30.2 Å². The van der Waals surface area contributed by atoms with Gasteiger partial charge in [-0.15, -0.1) is 5.10 Å². The van der Waals surface area contributed by atoms with Gasteiger partial charge in [0.25, 0.3) is 0 Å². The lowest BCUT2D eigenvalue weighted by Crippen LogP contribution is -2.28. The Morgan fingerprint density at radius 1 is 1.19 bits per heavy atom. The average Bonchev–Trinajstić information content (AvgIpc) is 3.06. The Hall–Kier alpha value is -2.28. The van der Waals surface area contributed by atoms with E-state index in [-0.39, 0.29) is 5.91 Å². The minimum atomic E-state index is -0.0474. The quantitative estimate of drug-likeness (QED) is 0.503. The van der Waals surface area contributed by atoms with E-state index in [1.807, 2.05) is 12.1 Å². The maximum atomic E-state index is 12.2. The molecule has 3 rings (SSSR count). The van der Waals surface area contributed by atoms with Gasteiger partial charge in [-0.3, -0.25) is 9.69 Å². The number of hydrogen-bond donors (Lipinski definition) is 0. The Kier molecular flexibility index (Phi) is 6.55. The number of anilines is 1. The zero-order valence-corrected chi connectivity index (χ0v) is 16.6. The van der Waals surface area contributed by atoms with Crippen LogP contribution in [0.4, 0.5) is 5.69 Å². The molecule has 0 N–H and O–H groups in total. The lowest BCUT2D eigenvalue weighted by atomic mass is 10.2. The molecule has 0 radical (unpaired) electrons. The van der Waals surface area contributed by atoms with Crippen LogP contribution >= 0.6 is 35.0 Å². The lowest BCUT2D eigenvalue weighted by Gasteiger charge is -2.15. The molecule has 0 aromatic heterocycles. The summed E-state index contributed by atoms with van der Waals surface area (Å²) in [6.45, 7) is 0. The third-order valence-electron chi connectivity index (χ3n) is 3.65. The lowest BCUT2D eigenvalue weighted by molar-refractivity contribution is -0.115. The highest BCUT2D eigenvalue weighted by atomic mass is 35.5. The summed E-state index contributed by atoms with van der Waals surface area (Å²) < 4.78 is 5.14. The van der Waals surface area contributed by atoms with Gasteiger partial charge < -0.3 is 4.74 Å². The fraction of sp³-hybridized carbons (Fsp3) is 0.105. The van der Waals surface area contributed by atoms with E-state index in [9.17, 15) is 4.79 Å². The summed E-state index contributed by atoms with van der Waals surface area (Å²) in [6.07, 6.45) is 3.12. The van der Waals surface area contributed by atoms with Gasteiger partial charge in [0.15, 0.2) is 5.17 Å². The van der Waals surface area contributed by atoms with Gasteiger partial charge in [0, 0.05) is 10.1 Å². The van der Waals surface area contributed by atoms with Crippen molar-refractivity contribution in [2.45, 2.75) is 0 Å². The Morgan fingerprint density at radius 3 is 2.56 bits per heavy atom. The number of amides is 1. The van der Waals surface area contributed by atoms with Crippen molar-refractivity contribution in [2.75, 3.05) is 17.8 Å². The second kappa shape index (κ2) is 9.08. The van der Waals surface area contributed by atoms with E-state index < -0.39 is 0 Å². The predicted octanol–water partition coefficient (Wildman–Crippen LogP) is 5.05. The zero-order valence-electron chi connectivity index (χ0n) is 14.3. The van der Waals surface area contributed by atoms with Gasteiger partial charge in [-0.1, -0.05) is 47.1 Å². The molecule has 0 spiro atoms. The van der Waals surface area contributed by atoms with Gasteiger partial charge in [0.1, 0.15) is 5.75 Å². The van der Waals surface area contributed by atoms with Crippen LogP contribution in [0.25, 0.3) is 5.03 Å². The number of thioether (sulfide) groups is 1. The molecule has 1 aliphatic rings. The van der Waals surface area contributed by atoms with E-state index in [0.29, 0.717) is 21.0 Å². The number of benzene rings is 2. The van der Waals surface area contributed by atoms with Crippen molar-refractivity contribution in [2.24, 2.45) is 10.2 Å². The number of halogens is 2. The molecule has 5 nitrogen and oxygen atoms in total. The fourth-order valence-corrected chi connectivity index (χ4v) is 3.44. The highest BCUT2D eigenvalue weighted by Crippen LogP contribution is 2.28. The molecule has 0 aliphatic carbocycles. The Labute approximate surface area is 171 Å². The first kappa shape index (κ1) is 19.5. The van der Waals surface area contributed by atoms with Gasteiger partial charge in [-0.05, 0) is 48.0 Å². The minimum Gasteiger partial charge on any atom is -0.497 e. The number of methoxy groups -OCH3 is 1. The van der Waals surface area contributed by atoms with Crippen LogP contribution in [0.1, 0.15) is 5.56 Å². The second-order valence-corrected chi connectivity index (χ2v) is 7.17. The summed E-state index contributed by atoms with van der Waals surface area (Å²) in [5.41, 5.74) is 1.54. The van der Waals surface area contributed by atoms with Gasteiger partial charge in [-0.25, -0.2) is 0 Å². The SMILES string of the molecule is COc1ccc(N2C(=O)CSC2=NN=CC=C(Cl)c2ccc(Cl)cc2)cc1. The van der Waals surface area contributed by atoms with E-state index in [2.05, 4.69) is 10.2 Å². The van der Waals surface area contributed by atoms with Crippen molar-refractivity contribution < 1.29 is 9.53 Å². The number of nitrogens with zero attached hydrogens (tertiary/aromatic N) is 3. The number of hydrogen-bond acceptors (Lipinski definition) is 5. The Bertz CT molecular complexity index is 910. The van der Waals surface area contributed by atoms with Crippen molar-refractivity contribution in [3.63, 3.8) is 0 Å². The zero-order chi connectivity index (χ0) is 19.2. The van der Waals surface area contributed by atoms with Crippen molar-refractivity contribution in [3.05, 3.63) is 65.2 Å². The summed E-state index contributed by atoms with van der Waals surface area (Å²) >= 11 is 13.4. The van der Waals surface area contributed by atoms with E-state index in [1.54, 1.807) is 49.6 Å². The fourth-order valence-electron chi connectivity index (χ4n) is 2.31. The standard InChI is InChI=1S/C19H15Cl2N3O2S/c1-26-16-8-6-15(7-9-16)24-18(25)12-27-19(24)23-22-11-10-17(21)13-2-4-14(20)5-3-13/h2-11H,12H2,1H3. The maximum absolute atomic E-state index is 12.2. The molecule has 1 saturated heterocycles. The van der Waals surface area contributed by atoms with Gasteiger partial charge in [0.2, 0.25) is 5.91 Å². The molecule has 2 aromatic carbocycles. The van der Waals surface area contributed by atoms with Crippen LogP contribution in [0.2, 0.25) is 5.02 Å². The number of carbonyl (C=O) groups excluding carboxylic acids is 1. The molecule has 1 fully saturated rings. The summed E-state index contributed by atoms with van der Waals surface area (Å²) in [6, 6.07) is 14.4. The average molecular weight is 420 g/mol. The summed E-state index contributed by atoms with van der Waals surface area (Å²) in [7, 11) is 1.59. The van der Waals surface area contributed by atoms with Crippen LogP contribution in [0, 0.1) is 0 Å². The Balaban J connectivity index is 1.74. The van der Waals surface area contributed by atoms with E-state index >= 15 is 0 Å². The van der Waals surface area contributed by atoms with Gasteiger partial charge >= 0.3 is 0 Å². The number of ether oxygens (including phenoxy) is 1. The van der Waals surface area contributed by atoms with Crippen LogP contribution < -0.4 is 9.64 Å². The van der Waals surface area contributed by atoms with E-state index in [4.69, 9.17) is 27.9 Å². The third-order valence-corrected chi connectivity index (χ3v) is 5.16. The monoisotopic (exact) mass is 419 g/mol. The molecule has 0 atom stereocenters. The van der Waals surface area contributed by atoms with Crippen molar-refractivity contribution in [3.8, 4) is 5.75 Å². The summed E-state index contributed by atoms with van der Waals surface area (Å²) in [5.74, 6) is 0.993. The van der Waals surface area contributed by atoms with Crippen LogP contribution in [-0.2, 0) is 4.79 Å². The van der Waals surface area contributed by atoms with Crippen molar-refractivity contribution in [1.29, 1.82) is 0 Å². The normalized spacial score (nSPS) is 16.6. The van der Waals surface area contributed by atoms with E-state index in [0.717, 1.165) is 17.0 Å². The largest absolute Gasteiger partial charge is 0.497 e. The number of allylic oxidation sites excluding steroid dienone is 1. The van der Waals surface area contributed by atoms with Gasteiger partial charge in [-0.2, -0.15) is 5.10 Å². The van der Waals surface area contributed by atoms with Crippen molar-refractivity contribution >= 4 is 63.0 Å². The second-order valence-electron chi connectivity index (χ2n) is 5.38. The summed E-state index contributed by atoms with van der Waals surface area (Å²) in [5, 5.41) is 9.84. The maximum Gasteiger partial charge on any atom is 0.243 e. The molecule has 0 unspecified atom stereocenters. The van der Waals surface area contributed by atoms with Gasteiger partial charge in [0.05, 0.1) is 24.8 Å². The van der Waals surface area contributed by atoms with Crippen LogP contribution in [0.5, 0.6) is 5.75 Å². The molecular formula is C19H15Cl2N3O2S. The number of carbonyl (C=O) groups is 1.